The van der Waals surface area contributed by atoms with Crippen LogP contribution in [0, 0.1) is 5.92 Å². The maximum absolute atomic E-state index is 11.8. The molecule has 2 unspecified atom stereocenters. The number of carbonyl (C=O) groups excluding carboxylic acids is 1. The molecule has 1 fully saturated rings. The van der Waals surface area contributed by atoms with Crippen LogP contribution in [0.5, 0.6) is 0 Å². The quantitative estimate of drug-likeness (QED) is 0.755. The van der Waals surface area contributed by atoms with Gasteiger partial charge in [-0.1, -0.05) is 27.2 Å². The van der Waals surface area contributed by atoms with Crippen LogP contribution < -0.4 is 5.32 Å². The van der Waals surface area contributed by atoms with Gasteiger partial charge in [-0.25, -0.2) is 0 Å². The SMILES string of the molecule is CCC(O)C1CCCCN1CC(=O)NCC(C)C. The molecule has 0 aromatic heterocycles. The van der Waals surface area contributed by atoms with E-state index in [1.807, 2.05) is 6.92 Å². The maximum Gasteiger partial charge on any atom is 0.234 e. The fraction of sp³-hybridized carbons (Fsp3) is 0.929. The standard InChI is InChI=1S/C14H28N2O2/c1-4-13(17)12-7-5-6-8-16(12)10-14(18)15-9-11(2)3/h11-13,17H,4-10H2,1-3H3,(H,15,18). The molecule has 0 spiro atoms. The van der Waals surface area contributed by atoms with Crippen molar-refractivity contribution in [1.29, 1.82) is 0 Å². The fourth-order valence-corrected chi connectivity index (χ4v) is 2.48. The molecule has 106 valence electrons. The van der Waals surface area contributed by atoms with E-state index in [9.17, 15) is 9.90 Å². The lowest BCUT2D eigenvalue weighted by Crippen LogP contribution is -2.50. The molecule has 1 rings (SSSR count). The minimum atomic E-state index is -0.303. The molecule has 1 saturated heterocycles. The van der Waals surface area contributed by atoms with Gasteiger partial charge in [-0.15, -0.1) is 0 Å². The van der Waals surface area contributed by atoms with E-state index in [-0.39, 0.29) is 18.1 Å². The van der Waals surface area contributed by atoms with E-state index in [0.717, 1.165) is 38.8 Å². The lowest BCUT2D eigenvalue weighted by Gasteiger charge is -2.37. The summed E-state index contributed by atoms with van der Waals surface area (Å²) in [6, 6.07) is 0.161. The molecule has 4 nitrogen and oxygen atoms in total. The lowest BCUT2D eigenvalue weighted by molar-refractivity contribution is -0.124. The molecule has 0 saturated carbocycles. The Morgan fingerprint density at radius 3 is 2.78 bits per heavy atom. The van der Waals surface area contributed by atoms with Gasteiger partial charge >= 0.3 is 0 Å². The summed E-state index contributed by atoms with van der Waals surface area (Å²) in [5.41, 5.74) is 0. The third-order valence-electron chi connectivity index (χ3n) is 3.58. The number of likely N-dealkylation sites (tertiary alicyclic amines) is 1. The summed E-state index contributed by atoms with van der Waals surface area (Å²) in [7, 11) is 0. The van der Waals surface area contributed by atoms with Gasteiger partial charge < -0.3 is 10.4 Å². The molecule has 1 heterocycles. The molecule has 1 amide bonds. The highest BCUT2D eigenvalue weighted by Crippen LogP contribution is 2.20. The van der Waals surface area contributed by atoms with Crippen LogP contribution in [0.15, 0.2) is 0 Å². The number of hydrogen-bond acceptors (Lipinski definition) is 3. The van der Waals surface area contributed by atoms with Crippen molar-refractivity contribution in [1.82, 2.24) is 10.2 Å². The third kappa shape index (κ3) is 4.94. The molecular formula is C14H28N2O2. The largest absolute Gasteiger partial charge is 0.392 e. The van der Waals surface area contributed by atoms with Crippen LogP contribution in [0.2, 0.25) is 0 Å². The molecule has 1 aliphatic heterocycles. The predicted molar refractivity (Wildman–Crippen MR) is 73.4 cm³/mol. The van der Waals surface area contributed by atoms with Gasteiger partial charge in [0.1, 0.15) is 0 Å². The summed E-state index contributed by atoms with van der Waals surface area (Å²) in [6.07, 6.45) is 3.75. The first-order valence-corrected chi connectivity index (χ1v) is 7.23. The van der Waals surface area contributed by atoms with Gasteiger partial charge in [0.25, 0.3) is 0 Å². The first kappa shape index (κ1) is 15.4. The van der Waals surface area contributed by atoms with E-state index in [1.165, 1.54) is 0 Å². The van der Waals surface area contributed by atoms with Crippen LogP contribution in [-0.2, 0) is 4.79 Å². The second kappa shape index (κ2) is 7.74. The van der Waals surface area contributed by atoms with Crippen LogP contribution >= 0.6 is 0 Å². The lowest BCUT2D eigenvalue weighted by atomic mass is 9.96. The summed E-state index contributed by atoms with van der Waals surface area (Å²) in [6.45, 7) is 8.25. The van der Waals surface area contributed by atoms with E-state index in [0.29, 0.717) is 12.5 Å². The molecule has 0 aromatic carbocycles. The predicted octanol–water partition coefficient (Wildman–Crippen LogP) is 1.38. The first-order valence-electron chi connectivity index (χ1n) is 7.23. The highest BCUT2D eigenvalue weighted by molar-refractivity contribution is 5.78. The van der Waals surface area contributed by atoms with E-state index < -0.39 is 0 Å². The van der Waals surface area contributed by atoms with Crippen molar-refractivity contribution in [3.05, 3.63) is 0 Å². The van der Waals surface area contributed by atoms with Gasteiger partial charge in [-0.05, 0) is 31.7 Å². The van der Waals surface area contributed by atoms with E-state index in [4.69, 9.17) is 0 Å². The summed E-state index contributed by atoms with van der Waals surface area (Å²) in [5, 5.41) is 13.0. The van der Waals surface area contributed by atoms with Crippen LogP contribution in [0.4, 0.5) is 0 Å². The zero-order valence-corrected chi connectivity index (χ0v) is 12.0. The molecular weight excluding hydrogens is 228 g/mol. The van der Waals surface area contributed by atoms with Crippen molar-refractivity contribution in [2.45, 2.75) is 58.6 Å². The van der Waals surface area contributed by atoms with Crippen molar-refractivity contribution in [3.8, 4) is 0 Å². The van der Waals surface area contributed by atoms with E-state index in [1.54, 1.807) is 0 Å². The Kier molecular flexibility index (Phi) is 6.65. The van der Waals surface area contributed by atoms with Crippen LogP contribution in [0.1, 0.15) is 46.5 Å². The molecule has 2 atom stereocenters. The number of carbonyl (C=O) groups is 1. The third-order valence-corrected chi connectivity index (χ3v) is 3.58. The maximum atomic E-state index is 11.8. The Morgan fingerprint density at radius 2 is 2.17 bits per heavy atom. The minimum absolute atomic E-state index is 0.0823. The highest BCUT2D eigenvalue weighted by Gasteiger charge is 2.28. The number of nitrogens with one attached hydrogen (secondary N) is 1. The molecule has 0 aliphatic carbocycles. The Balaban J connectivity index is 2.43. The van der Waals surface area contributed by atoms with Crippen LogP contribution in [0.25, 0.3) is 0 Å². The number of hydrogen-bond donors (Lipinski definition) is 2. The smallest absolute Gasteiger partial charge is 0.234 e. The number of aliphatic hydroxyl groups excluding tert-OH is 1. The zero-order valence-electron chi connectivity index (χ0n) is 12.0. The minimum Gasteiger partial charge on any atom is -0.392 e. The molecule has 2 N–H and O–H groups in total. The van der Waals surface area contributed by atoms with Gasteiger partial charge in [-0.3, -0.25) is 9.69 Å². The van der Waals surface area contributed by atoms with Crippen molar-refractivity contribution >= 4 is 5.91 Å². The normalized spacial score (nSPS) is 23.1. The summed E-state index contributed by atoms with van der Waals surface area (Å²) in [5.74, 6) is 0.561. The van der Waals surface area contributed by atoms with Crippen molar-refractivity contribution < 1.29 is 9.90 Å². The van der Waals surface area contributed by atoms with Gasteiger partial charge in [0.05, 0.1) is 12.6 Å². The Hall–Kier alpha value is -0.610. The average molecular weight is 256 g/mol. The topological polar surface area (TPSA) is 52.6 Å². The summed E-state index contributed by atoms with van der Waals surface area (Å²) in [4.78, 5) is 14.0. The van der Waals surface area contributed by atoms with Gasteiger partial charge in [0.15, 0.2) is 0 Å². The number of amides is 1. The molecule has 1 aliphatic rings. The molecule has 0 bridgehead atoms. The van der Waals surface area contributed by atoms with Gasteiger partial charge in [-0.2, -0.15) is 0 Å². The molecule has 18 heavy (non-hydrogen) atoms. The highest BCUT2D eigenvalue weighted by atomic mass is 16.3. The van der Waals surface area contributed by atoms with Gasteiger partial charge in [0.2, 0.25) is 5.91 Å². The van der Waals surface area contributed by atoms with E-state index >= 15 is 0 Å². The summed E-state index contributed by atoms with van der Waals surface area (Å²) >= 11 is 0. The van der Waals surface area contributed by atoms with Crippen molar-refractivity contribution in [2.75, 3.05) is 19.6 Å². The Morgan fingerprint density at radius 1 is 1.44 bits per heavy atom. The monoisotopic (exact) mass is 256 g/mol. The second-order valence-corrected chi connectivity index (χ2v) is 5.71. The van der Waals surface area contributed by atoms with Crippen LogP contribution in [0.3, 0.4) is 0 Å². The van der Waals surface area contributed by atoms with Gasteiger partial charge in [0, 0.05) is 12.6 Å². The second-order valence-electron chi connectivity index (χ2n) is 5.71. The number of aliphatic hydroxyl groups is 1. The van der Waals surface area contributed by atoms with E-state index in [2.05, 4.69) is 24.1 Å². The molecule has 4 heteroatoms. The summed E-state index contributed by atoms with van der Waals surface area (Å²) < 4.78 is 0. The number of rotatable bonds is 6. The zero-order chi connectivity index (χ0) is 13.5. The number of piperidine rings is 1. The molecule has 0 aromatic rings. The fourth-order valence-electron chi connectivity index (χ4n) is 2.48. The van der Waals surface area contributed by atoms with Crippen molar-refractivity contribution in [2.24, 2.45) is 5.92 Å². The Labute approximate surface area is 111 Å². The average Bonchev–Trinajstić information content (AvgIpc) is 2.36. The Bertz CT molecular complexity index is 256. The van der Waals surface area contributed by atoms with Crippen molar-refractivity contribution in [3.63, 3.8) is 0 Å². The number of nitrogens with zero attached hydrogens (tertiary/aromatic N) is 1. The first-order chi connectivity index (χ1) is 8.54. The van der Waals surface area contributed by atoms with Crippen LogP contribution in [-0.4, -0.2) is 47.7 Å². The molecule has 0 radical (unpaired) electrons.